The second-order valence-electron chi connectivity index (χ2n) is 3.88. The summed E-state index contributed by atoms with van der Waals surface area (Å²) in [6, 6.07) is 0. The Hall–Kier alpha value is -0.730. The molecule has 1 rings (SSSR count). The molecule has 4 N–H and O–H groups in total. The number of esters is 1. The van der Waals surface area contributed by atoms with E-state index < -0.39 is 43.1 Å². The van der Waals surface area contributed by atoms with Crippen molar-refractivity contribution in [2.24, 2.45) is 0 Å². The van der Waals surface area contributed by atoms with Crippen molar-refractivity contribution in [3.8, 4) is 0 Å². The van der Waals surface area contributed by atoms with Crippen molar-refractivity contribution >= 4 is 5.97 Å². The molecule has 0 radical (unpaired) electrons. The van der Waals surface area contributed by atoms with Crippen LogP contribution in [-0.2, 0) is 14.3 Å². The van der Waals surface area contributed by atoms with Crippen molar-refractivity contribution in [3.05, 3.63) is 0 Å². The Bertz CT molecular complexity index is 255. The Morgan fingerprint density at radius 3 is 2.29 bits per heavy atom. The molecule has 1 fully saturated rings. The molecule has 0 spiro atoms. The van der Waals surface area contributed by atoms with Crippen LogP contribution in [0.25, 0.3) is 0 Å². The van der Waals surface area contributed by atoms with Crippen LogP contribution in [0.4, 0.5) is 0 Å². The monoisotopic (exact) mass is 250 g/mol. The zero-order chi connectivity index (χ0) is 13.0. The van der Waals surface area contributed by atoms with E-state index in [1.54, 1.807) is 6.92 Å². The lowest BCUT2D eigenvalue weighted by atomic mass is 9.93. The standard InChI is InChI=1S/C10H18O7/c1-2-16-7(12)3-5-8(13)10(15)9(14)6(4-11)17-5/h5-6,8-11,13-15H,2-4H2,1H3/t5-,6-,8+,9-,10-/m1/s1. The maximum atomic E-state index is 11.2. The van der Waals surface area contributed by atoms with Crippen LogP contribution in [0.3, 0.4) is 0 Å². The minimum Gasteiger partial charge on any atom is -0.466 e. The van der Waals surface area contributed by atoms with E-state index in [4.69, 9.17) is 9.84 Å². The first-order valence-corrected chi connectivity index (χ1v) is 5.47. The topological polar surface area (TPSA) is 116 Å². The van der Waals surface area contributed by atoms with Gasteiger partial charge >= 0.3 is 5.97 Å². The Morgan fingerprint density at radius 2 is 1.76 bits per heavy atom. The van der Waals surface area contributed by atoms with Gasteiger partial charge < -0.3 is 29.9 Å². The third kappa shape index (κ3) is 3.36. The van der Waals surface area contributed by atoms with Crippen LogP contribution >= 0.6 is 0 Å². The van der Waals surface area contributed by atoms with Gasteiger partial charge in [-0.05, 0) is 6.92 Å². The largest absolute Gasteiger partial charge is 0.466 e. The second kappa shape index (κ2) is 6.27. The van der Waals surface area contributed by atoms with Gasteiger partial charge in [-0.15, -0.1) is 0 Å². The van der Waals surface area contributed by atoms with E-state index in [2.05, 4.69) is 4.74 Å². The molecule has 7 nitrogen and oxygen atoms in total. The van der Waals surface area contributed by atoms with Crippen LogP contribution in [0.5, 0.6) is 0 Å². The third-order valence-electron chi connectivity index (χ3n) is 2.66. The SMILES string of the molecule is CCOC(=O)C[C@H]1O[C@H](CO)[C@@H](O)[C@H](O)[C@H]1O. The molecular weight excluding hydrogens is 232 g/mol. The lowest BCUT2D eigenvalue weighted by Crippen LogP contribution is -2.58. The van der Waals surface area contributed by atoms with Gasteiger partial charge in [-0.25, -0.2) is 0 Å². The van der Waals surface area contributed by atoms with Crippen molar-refractivity contribution < 1.29 is 34.7 Å². The number of aliphatic hydroxyl groups excluding tert-OH is 4. The van der Waals surface area contributed by atoms with Gasteiger partial charge in [0.2, 0.25) is 0 Å². The van der Waals surface area contributed by atoms with E-state index >= 15 is 0 Å². The fourth-order valence-corrected chi connectivity index (χ4v) is 1.73. The summed E-state index contributed by atoms with van der Waals surface area (Å²) in [4.78, 5) is 11.2. The van der Waals surface area contributed by atoms with Crippen LogP contribution in [0.15, 0.2) is 0 Å². The van der Waals surface area contributed by atoms with Crippen molar-refractivity contribution in [1.29, 1.82) is 0 Å². The Labute approximate surface area is 98.6 Å². The summed E-state index contributed by atoms with van der Waals surface area (Å²) in [5.74, 6) is -0.572. The highest BCUT2D eigenvalue weighted by atomic mass is 16.6. The molecule has 0 aliphatic carbocycles. The number of rotatable bonds is 4. The minimum atomic E-state index is -1.46. The number of hydrogen-bond acceptors (Lipinski definition) is 7. The molecule has 0 amide bonds. The first-order chi connectivity index (χ1) is 8.01. The van der Waals surface area contributed by atoms with Gasteiger partial charge in [0.15, 0.2) is 0 Å². The predicted octanol–water partition coefficient (Wildman–Crippen LogP) is -2.22. The predicted molar refractivity (Wildman–Crippen MR) is 55.0 cm³/mol. The maximum Gasteiger partial charge on any atom is 0.308 e. The van der Waals surface area contributed by atoms with Gasteiger partial charge in [0.1, 0.15) is 24.4 Å². The van der Waals surface area contributed by atoms with Gasteiger partial charge in [-0.1, -0.05) is 0 Å². The fourth-order valence-electron chi connectivity index (χ4n) is 1.73. The summed E-state index contributed by atoms with van der Waals surface area (Å²) in [5.41, 5.74) is 0. The molecule has 17 heavy (non-hydrogen) atoms. The molecule has 1 heterocycles. The molecule has 0 bridgehead atoms. The number of carbonyl (C=O) groups excluding carboxylic acids is 1. The van der Waals surface area contributed by atoms with Crippen LogP contribution in [0.1, 0.15) is 13.3 Å². The summed E-state index contributed by atoms with van der Waals surface area (Å²) in [6.07, 6.45) is -6.49. The molecule has 1 aliphatic rings. The lowest BCUT2D eigenvalue weighted by molar-refractivity contribution is -0.231. The molecule has 0 aromatic carbocycles. The number of aliphatic hydroxyl groups is 4. The van der Waals surface area contributed by atoms with Crippen molar-refractivity contribution in [2.45, 2.75) is 43.9 Å². The fraction of sp³-hybridized carbons (Fsp3) is 0.900. The second-order valence-corrected chi connectivity index (χ2v) is 3.88. The summed E-state index contributed by atoms with van der Waals surface area (Å²) in [5, 5.41) is 37.5. The van der Waals surface area contributed by atoms with Gasteiger partial charge in [-0.2, -0.15) is 0 Å². The average molecular weight is 250 g/mol. The minimum absolute atomic E-state index is 0.205. The van der Waals surface area contributed by atoms with E-state index in [0.717, 1.165) is 0 Å². The van der Waals surface area contributed by atoms with E-state index in [-0.39, 0.29) is 13.0 Å². The van der Waals surface area contributed by atoms with Gasteiger partial charge in [0.25, 0.3) is 0 Å². The highest BCUT2D eigenvalue weighted by Crippen LogP contribution is 2.23. The van der Waals surface area contributed by atoms with E-state index in [0.29, 0.717) is 0 Å². The molecule has 100 valence electrons. The van der Waals surface area contributed by atoms with Gasteiger partial charge in [0.05, 0.1) is 25.7 Å². The van der Waals surface area contributed by atoms with Crippen LogP contribution in [0, 0.1) is 0 Å². The van der Waals surface area contributed by atoms with Crippen LogP contribution in [0.2, 0.25) is 0 Å². The molecule has 1 saturated heterocycles. The first kappa shape index (κ1) is 14.3. The molecule has 0 aromatic heterocycles. The Balaban J connectivity index is 2.62. The lowest BCUT2D eigenvalue weighted by Gasteiger charge is -2.39. The molecule has 0 unspecified atom stereocenters. The highest BCUT2D eigenvalue weighted by Gasteiger charge is 2.44. The summed E-state index contributed by atoms with van der Waals surface area (Å²) in [7, 11) is 0. The smallest absolute Gasteiger partial charge is 0.308 e. The summed E-state index contributed by atoms with van der Waals surface area (Å²) >= 11 is 0. The molecule has 1 aliphatic heterocycles. The average Bonchev–Trinajstić information content (AvgIpc) is 2.30. The van der Waals surface area contributed by atoms with Gasteiger partial charge in [-0.3, -0.25) is 4.79 Å². The normalized spacial score (nSPS) is 37.8. The Kier molecular flexibility index (Phi) is 5.29. The van der Waals surface area contributed by atoms with E-state index in [9.17, 15) is 20.1 Å². The van der Waals surface area contributed by atoms with Crippen LogP contribution < -0.4 is 0 Å². The van der Waals surface area contributed by atoms with Crippen molar-refractivity contribution in [1.82, 2.24) is 0 Å². The molecular formula is C10H18O7. The summed E-state index contributed by atoms with van der Waals surface area (Å²) < 4.78 is 9.82. The summed E-state index contributed by atoms with van der Waals surface area (Å²) in [6.45, 7) is 1.34. The van der Waals surface area contributed by atoms with Gasteiger partial charge in [0, 0.05) is 0 Å². The molecule has 7 heteroatoms. The third-order valence-corrected chi connectivity index (χ3v) is 2.66. The first-order valence-electron chi connectivity index (χ1n) is 5.47. The number of ether oxygens (including phenoxy) is 2. The quantitative estimate of drug-likeness (QED) is 0.418. The molecule has 5 atom stereocenters. The Morgan fingerprint density at radius 1 is 1.18 bits per heavy atom. The zero-order valence-electron chi connectivity index (χ0n) is 9.52. The molecule has 0 aromatic rings. The number of carbonyl (C=O) groups is 1. The van der Waals surface area contributed by atoms with E-state index in [1.165, 1.54) is 0 Å². The van der Waals surface area contributed by atoms with Crippen molar-refractivity contribution in [2.75, 3.05) is 13.2 Å². The van der Waals surface area contributed by atoms with Crippen LogP contribution in [-0.4, -0.2) is 70.1 Å². The van der Waals surface area contributed by atoms with E-state index in [1.807, 2.05) is 0 Å². The highest BCUT2D eigenvalue weighted by molar-refractivity contribution is 5.70. The molecule has 0 saturated carbocycles. The maximum absolute atomic E-state index is 11.2. The zero-order valence-corrected chi connectivity index (χ0v) is 9.52. The van der Waals surface area contributed by atoms with Crippen molar-refractivity contribution in [3.63, 3.8) is 0 Å². The number of hydrogen-bond donors (Lipinski definition) is 4.